The number of anilines is 1. The van der Waals surface area contributed by atoms with Gasteiger partial charge in [-0.05, 0) is 67.9 Å². The average molecular weight is 522 g/mol. The van der Waals surface area contributed by atoms with E-state index in [1.165, 1.54) is 30.2 Å². The molecule has 1 unspecified atom stereocenters. The lowest BCUT2D eigenvalue weighted by molar-refractivity contribution is -0.115. The Morgan fingerprint density at radius 3 is 2.61 bits per heavy atom. The van der Waals surface area contributed by atoms with Crippen LogP contribution in [0.3, 0.4) is 0 Å². The fourth-order valence-corrected chi connectivity index (χ4v) is 5.65. The van der Waals surface area contributed by atoms with Gasteiger partial charge in [-0.3, -0.25) is 9.20 Å². The van der Waals surface area contributed by atoms with Crippen molar-refractivity contribution in [2.45, 2.75) is 35.7 Å². The molecule has 0 spiro atoms. The number of carbonyl (C=O) groups is 1. The molecule has 0 radical (unpaired) electrons. The van der Waals surface area contributed by atoms with Crippen LogP contribution < -0.4 is 10.0 Å². The molecule has 0 saturated carbocycles. The Labute approximate surface area is 212 Å². The Hall–Kier alpha value is -3.67. The number of amides is 1. The number of nitrogens with one attached hydrogen (secondary N) is 2. The predicted molar refractivity (Wildman–Crippen MR) is 138 cm³/mol. The van der Waals surface area contributed by atoms with Gasteiger partial charge in [0.05, 0.1) is 28.5 Å². The molecule has 0 fully saturated rings. The molecule has 11 heteroatoms. The van der Waals surface area contributed by atoms with Gasteiger partial charge >= 0.3 is 0 Å². The number of pyridine rings is 1. The van der Waals surface area contributed by atoms with Crippen molar-refractivity contribution in [1.82, 2.24) is 19.3 Å². The van der Waals surface area contributed by atoms with Crippen LogP contribution >= 0.6 is 11.8 Å². The zero-order valence-corrected chi connectivity index (χ0v) is 21.1. The lowest BCUT2D eigenvalue weighted by Crippen LogP contribution is -2.24. The van der Waals surface area contributed by atoms with Crippen molar-refractivity contribution in [3.8, 4) is 0 Å². The van der Waals surface area contributed by atoms with Crippen molar-refractivity contribution >= 4 is 49.9 Å². The second kappa shape index (κ2) is 9.76. The standard InChI is InChI=1S/C25H23N5O4S2/c1-16-14-23-28-29-25(30(23)22-8-4-3-7-21(16)22)35-17(2)24(31)27-18-9-11-20(12-10-18)36(32,33)26-15-19-6-5-13-34-19/h3-14,17,26H,15H2,1-2H3,(H,27,31). The predicted octanol–water partition coefficient (Wildman–Crippen LogP) is 4.38. The van der Waals surface area contributed by atoms with Gasteiger partial charge in [-0.25, -0.2) is 13.1 Å². The minimum absolute atomic E-state index is 0.0503. The Balaban J connectivity index is 1.27. The first-order valence-electron chi connectivity index (χ1n) is 11.1. The number of furan rings is 1. The number of sulfonamides is 1. The normalized spacial score (nSPS) is 12.7. The molecule has 3 aromatic heterocycles. The highest BCUT2D eigenvalue weighted by atomic mass is 32.2. The second-order valence-electron chi connectivity index (χ2n) is 8.20. The SMILES string of the molecule is Cc1cc2nnc(SC(C)C(=O)Nc3ccc(S(=O)(=O)NCc4ccco4)cc3)n2c2ccccc12. The summed E-state index contributed by atoms with van der Waals surface area (Å²) in [5.41, 5.74) is 3.29. The number of thioether (sulfide) groups is 1. The molecule has 5 rings (SSSR count). The van der Waals surface area contributed by atoms with Crippen molar-refractivity contribution in [3.05, 3.63) is 84.3 Å². The molecule has 36 heavy (non-hydrogen) atoms. The van der Waals surface area contributed by atoms with E-state index in [0.29, 0.717) is 16.6 Å². The number of nitrogens with zero attached hydrogens (tertiary/aromatic N) is 3. The van der Waals surface area contributed by atoms with Gasteiger partial charge < -0.3 is 9.73 Å². The largest absolute Gasteiger partial charge is 0.468 e. The number of hydrogen-bond donors (Lipinski definition) is 2. The summed E-state index contributed by atoms with van der Waals surface area (Å²) in [5, 5.41) is 12.7. The molecule has 0 saturated heterocycles. The van der Waals surface area contributed by atoms with Crippen LogP contribution in [-0.4, -0.2) is 34.2 Å². The molecule has 5 aromatic rings. The van der Waals surface area contributed by atoms with Gasteiger partial charge in [0.1, 0.15) is 5.76 Å². The number of benzene rings is 2. The summed E-state index contributed by atoms with van der Waals surface area (Å²) in [6.45, 7) is 3.87. The number of carbonyl (C=O) groups excluding carboxylic acids is 1. The second-order valence-corrected chi connectivity index (χ2v) is 11.3. The lowest BCUT2D eigenvalue weighted by Gasteiger charge is -2.13. The van der Waals surface area contributed by atoms with Crippen molar-refractivity contribution in [3.63, 3.8) is 0 Å². The highest BCUT2D eigenvalue weighted by Gasteiger charge is 2.20. The van der Waals surface area contributed by atoms with Crippen LogP contribution in [0, 0.1) is 6.92 Å². The van der Waals surface area contributed by atoms with Crippen molar-refractivity contribution in [1.29, 1.82) is 0 Å². The Kier molecular flexibility index (Phi) is 6.52. The molecule has 2 aromatic carbocycles. The van der Waals surface area contributed by atoms with E-state index in [0.717, 1.165) is 22.1 Å². The maximum Gasteiger partial charge on any atom is 0.240 e. The van der Waals surface area contributed by atoms with E-state index < -0.39 is 15.3 Å². The van der Waals surface area contributed by atoms with Crippen molar-refractivity contribution < 1.29 is 17.6 Å². The molecule has 184 valence electrons. The minimum atomic E-state index is -3.72. The van der Waals surface area contributed by atoms with Crippen LogP contribution in [-0.2, 0) is 21.4 Å². The molecular formula is C25H23N5O4S2. The number of hydrogen-bond acceptors (Lipinski definition) is 7. The third-order valence-corrected chi connectivity index (χ3v) is 8.13. The molecule has 9 nitrogen and oxygen atoms in total. The van der Waals surface area contributed by atoms with Gasteiger partial charge in [0.2, 0.25) is 15.9 Å². The van der Waals surface area contributed by atoms with Gasteiger partial charge in [-0.15, -0.1) is 10.2 Å². The fraction of sp³-hybridized carbons (Fsp3) is 0.160. The summed E-state index contributed by atoms with van der Waals surface area (Å²) in [6, 6.07) is 19.3. The summed E-state index contributed by atoms with van der Waals surface area (Å²) in [7, 11) is -3.72. The smallest absolute Gasteiger partial charge is 0.240 e. The lowest BCUT2D eigenvalue weighted by atomic mass is 10.1. The summed E-state index contributed by atoms with van der Waals surface area (Å²) in [6.07, 6.45) is 1.48. The number of rotatable bonds is 8. The van der Waals surface area contributed by atoms with E-state index in [9.17, 15) is 13.2 Å². The van der Waals surface area contributed by atoms with Gasteiger partial charge in [0.15, 0.2) is 10.8 Å². The maximum absolute atomic E-state index is 12.9. The van der Waals surface area contributed by atoms with E-state index in [4.69, 9.17) is 4.42 Å². The zero-order valence-electron chi connectivity index (χ0n) is 19.5. The zero-order chi connectivity index (χ0) is 25.3. The Morgan fingerprint density at radius 2 is 1.86 bits per heavy atom. The van der Waals surface area contributed by atoms with Gasteiger partial charge in [-0.1, -0.05) is 30.0 Å². The van der Waals surface area contributed by atoms with E-state index in [2.05, 4.69) is 20.2 Å². The molecule has 0 aliphatic carbocycles. The van der Waals surface area contributed by atoms with E-state index in [1.54, 1.807) is 31.2 Å². The highest BCUT2D eigenvalue weighted by molar-refractivity contribution is 8.00. The van der Waals surface area contributed by atoms with Gasteiger partial charge in [0.25, 0.3) is 0 Å². The van der Waals surface area contributed by atoms with Gasteiger partial charge in [0, 0.05) is 11.1 Å². The molecule has 2 N–H and O–H groups in total. The van der Waals surface area contributed by atoms with Crippen molar-refractivity contribution in [2.75, 3.05) is 5.32 Å². The number of fused-ring (bicyclic) bond motifs is 3. The van der Waals surface area contributed by atoms with Crippen LogP contribution in [0.25, 0.3) is 16.6 Å². The number of aromatic nitrogens is 3. The molecule has 0 bridgehead atoms. The average Bonchev–Trinajstić information content (AvgIpc) is 3.54. The first-order valence-corrected chi connectivity index (χ1v) is 13.5. The quantitative estimate of drug-likeness (QED) is 0.291. The van der Waals surface area contributed by atoms with Crippen LogP contribution in [0.4, 0.5) is 5.69 Å². The Morgan fingerprint density at radius 1 is 1.08 bits per heavy atom. The molecule has 0 aliphatic heterocycles. The van der Waals surface area contributed by atoms with Crippen LogP contribution in [0.2, 0.25) is 0 Å². The third kappa shape index (κ3) is 4.85. The molecule has 0 aliphatic rings. The monoisotopic (exact) mass is 521 g/mol. The van der Waals surface area contributed by atoms with E-state index in [1.807, 2.05) is 41.7 Å². The van der Waals surface area contributed by atoms with E-state index >= 15 is 0 Å². The summed E-state index contributed by atoms with van der Waals surface area (Å²) in [5.74, 6) is 0.275. The van der Waals surface area contributed by atoms with Crippen LogP contribution in [0.15, 0.2) is 87.5 Å². The first kappa shape index (κ1) is 24.0. The molecule has 1 atom stereocenters. The first-order chi connectivity index (χ1) is 17.3. The van der Waals surface area contributed by atoms with Crippen molar-refractivity contribution in [2.24, 2.45) is 0 Å². The highest BCUT2D eigenvalue weighted by Crippen LogP contribution is 2.28. The maximum atomic E-state index is 12.9. The topological polar surface area (TPSA) is 119 Å². The number of aryl methyl sites for hydroxylation is 1. The third-order valence-electron chi connectivity index (χ3n) is 5.67. The van der Waals surface area contributed by atoms with Gasteiger partial charge in [-0.2, -0.15) is 0 Å². The van der Waals surface area contributed by atoms with E-state index in [-0.39, 0.29) is 17.3 Å². The molecule has 1 amide bonds. The number of para-hydroxylation sites is 1. The van der Waals surface area contributed by atoms with Crippen LogP contribution in [0.1, 0.15) is 18.2 Å². The molecule has 3 heterocycles. The summed E-state index contributed by atoms with van der Waals surface area (Å²) < 4.78 is 34.6. The fourth-order valence-electron chi connectivity index (χ4n) is 3.79. The van der Waals surface area contributed by atoms with Crippen LogP contribution in [0.5, 0.6) is 0 Å². The minimum Gasteiger partial charge on any atom is -0.468 e. The summed E-state index contributed by atoms with van der Waals surface area (Å²) >= 11 is 1.30. The summed E-state index contributed by atoms with van der Waals surface area (Å²) in [4.78, 5) is 13.0. The Bertz CT molecular complexity index is 1650. The molecular weight excluding hydrogens is 498 g/mol.